The molecule has 12 rings (SSSR count). The normalized spacial score (nSPS) is 11.5. The lowest BCUT2D eigenvalue weighted by Gasteiger charge is -2.12. The molecular formula is C57H36N4O. The summed E-state index contributed by atoms with van der Waals surface area (Å²) in [4.78, 5) is 15.5. The minimum absolute atomic E-state index is 0.579. The van der Waals surface area contributed by atoms with E-state index < -0.39 is 0 Å². The summed E-state index contributed by atoms with van der Waals surface area (Å²) in [7, 11) is 0. The molecule has 0 aliphatic carbocycles. The van der Waals surface area contributed by atoms with Crippen LogP contribution in [0.3, 0.4) is 0 Å². The van der Waals surface area contributed by atoms with E-state index in [0.29, 0.717) is 17.5 Å². The molecule has 0 unspecified atom stereocenters. The number of aromatic nitrogens is 4. The van der Waals surface area contributed by atoms with Crippen LogP contribution in [0.25, 0.3) is 117 Å². The molecular weight excluding hydrogens is 757 g/mol. The molecule has 0 amide bonds. The quantitative estimate of drug-likeness (QED) is 0.161. The van der Waals surface area contributed by atoms with Crippen LogP contribution in [0.4, 0.5) is 0 Å². The number of hydrogen-bond donors (Lipinski definition) is 0. The van der Waals surface area contributed by atoms with Crippen molar-refractivity contribution in [2.45, 2.75) is 0 Å². The smallest absolute Gasteiger partial charge is 0.164 e. The van der Waals surface area contributed by atoms with Gasteiger partial charge >= 0.3 is 0 Å². The van der Waals surface area contributed by atoms with E-state index in [4.69, 9.17) is 19.4 Å². The summed E-state index contributed by atoms with van der Waals surface area (Å²) < 4.78 is 9.14. The molecule has 3 heterocycles. The topological polar surface area (TPSA) is 56.7 Å². The first kappa shape index (κ1) is 35.5. The molecule has 0 atom stereocenters. The first-order chi connectivity index (χ1) is 30.7. The van der Waals surface area contributed by atoms with Crippen LogP contribution in [0.1, 0.15) is 0 Å². The van der Waals surface area contributed by atoms with Gasteiger partial charge in [0, 0.05) is 38.5 Å². The molecule has 290 valence electrons. The van der Waals surface area contributed by atoms with E-state index in [9.17, 15) is 0 Å². The number of nitrogens with zero attached hydrogens (tertiary/aromatic N) is 4. The zero-order chi connectivity index (χ0) is 41.0. The Morgan fingerprint density at radius 1 is 0.323 bits per heavy atom. The standard InChI is InChI=1S/C57H36N4O/c1-4-14-37(15-5-1)39-26-28-41(29-27-39)44-20-12-21-45(36-44)61-49-24-11-10-22-46(49)47-34-35-51-53(54(47)61)52-48(23-13-25-50(52)62-51)57-59-55(42-18-8-3-9-19-42)58-56(60-57)43-32-30-40(31-33-43)38-16-6-2-7-17-38/h1-36H. The van der Waals surface area contributed by atoms with Gasteiger partial charge in [-0.1, -0.05) is 182 Å². The molecule has 12 aromatic rings. The number of para-hydroxylation sites is 1. The number of benzene rings is 9. The summed E-state index contributed by atoms with van der Waals surface area (Å²) in [6.07, 6.45) is 0. The van der Waals surface area contributed by atoms with Gasteiger partial charge in [-0.3, -0.25) is 0 Å². The number of fused-ring (bicyclic) bond motifs is 7. The number of furan rings is 1. The fraction of sp³-hybridized carbons (Fsp3) is 0. The zero-order valence-corrected chi connectivity index (χ0v) is 33.5. The molecule has 0 fully saturated rings. The van der Waals surface area contributed by atoms with Gasteiger partial charge in [0.1, 0.15) is 11.2 Å². The Kier molecular flexibility index (Phi) is 8.42. The van der Waals surface area contributed by atoms with Gasteiger partial charge in [0.2, 0.25) is 0 Å². The molecule has 9 aromatic carbocycles. The molecule has 3 aromatic heterocycles. The molecule has 0 saturated heterocycles. The largest absolute Gasteiger partial charge is 0.456 e. The predicted molar refractivity (Wildman–Crippen MR) is 254 cm³/mol. The maximum Gasteiger partial charge on any atom is 0.164 e. The molecule has 0 spiro atoms. The third kappa shape index (κ3) is 6.06. The van der Waals surface area contributed by atoms with Crippen LogP contribution in [-0.2, 0) is 0 Å². The molecule has 0 aliphatic heterocycles. The molecule has 0 bridgehead atoms. The molecule has 0 N–H and O–H groups in total. The summed E-state index contributed by atoms with van der Waals surface area (Å²) in [5, 5.41) is 4.28. The highest BCUT2D eigenvalue weighted by Crippen LogP contribution is 2.44. The lowest BCUT2D eigenvalue weighted by Crippen LogP contribution is -2.00. The summed E-state index contributed by atoms with van der Waals surface area (Å²) >= 11 is 0. The minimum Gasteiger partial charge on any atom is -0.456 e. The van der Waals surface area contributed by atoms with Crippen molar-refractivity contribution in [3.05, 3.63) is 218 Å². The van der Waals surface area contributed by atoms with E-state index in [1.165, 1.54) is 16.5 Å². The fourth-order valence-corrected chi connectivity index (χ4v) is 8.91. The predicted octanol–water partition coefficient (Wildman–Crippen LogP) is 14.9. The Balaban J connectivity index is 1.06. The Morgan fingerprint density at radius 3 is 1.47 bits per heavy atom. The lowest BCUT2D eigenvalue weighted by atomic mass is 10.00. The monoisotopic (exact) mass is 792 g/mol. The van der Waals surface area contributed by atoms with Crippen molar-refractivity contribution in [3.8, 4) is 73.2 Å². The van der Waals surface area contributed by atoms with E-state index in [0.717, 1.165) is 83.0 Å². The zero-order valence-electron chi connectivity index (χ0n) is 33.5. The second-order valence-electron chi connectivity index (χ2n) is 15.6. The van der Waals surface area contributed by atoms with E-state index in [-0.39, 0.29) is 0 Å². The fourth-order valence-electron chi connectivity index (χ4n) is 8.91. The van der Waals surface area contributed by atoms with Crippen molar-refractivity contribution in [2.24, 2.45) is 0 Å². The summed E-state index contributed by atoms with van der Waals surface area (Å²) in [6.45, 7) is 0. The second kappa shape index (κ2) is 14.7. The highest BCUT2D eigenvalue weighted by Gasteiger charge is 2.23. The van der Waals surface area contributed by atoms with Gasteiger partial charge in [-0.2, -0.15) is 0 Å². The number of hydrogen-bond acceptors (Lipinski definition) is 4. The second-order valence-corrected chi connectivity index (χ2v) is 15.6. The molecule has 5 heteroatoms. The van der Waals surface area contributed by atoms with Gasteiger partial charge in [0.15, 0.2) is 17.5 Å². The maximum atomic E-state index is 6.75. The molecule has 5 nitrogen and oxygen atoms in total. The van der Waals surface area contributed by atoms with Crippen molar-refractivity contribution in [3.63, 3.8) is 0 Å². The SMILES string of the molecule is c1ccc(-c2ccc(-c3cccc(-n4c5ccccc5c5ccc6oc7cccc(-c8nc(-c9ccccc9)nc(-c9ccc(-c%10ccccc%10)cc9)n8)c7c6c54)c3)cc2)cc1. The highest BCUT2D eigenvalue weighted by molar-refractivity contribution is 6.26. The Labute approximate surface area is 357 Å². The third-order valence-electron chi connectivity index (χ3n) is 11.9. The van der Waals surface area contributed by atoms with Crippen LogP contribution >= 0.6 is 0 Å². The van der Waals surface area contributed by atoms with Crippen LogP contribution < -0.4 is 0 Å². The van der Waals surface area contributed by atoms with Crippen molar-refractivity contribution in [1.82, 2.24) is 19.5 Å². The van der Waals surface area contributed by atoms with Crippen molar-refractivity contribution in [2.75, 3.05) is 0 Å². The highest BCUT2D eigenvalue weighted by atomic mass is 16.3. The average Bonchev–Trinajstić information content (AvgIpc) is 3.91. The van der Waals surface area contributed by atoms with Gasteiger partial charge in [-0.15, -0.1) is 0 Å². The molecule has 0 saturated carbocycles. The van der Waals surface area contributed by atoms with E-state index in [2.05, 4.69) is 174 Å². The van der Waals surface area contributed by atoms with Crippen LogP contribution in [0, 0.1) is 0 Å². The lowest BCUT2D eigenvalue weighted by molar-refractivity contribution is 0.669. The van der Waals surface area contributed by atoms with Crippen LogP contribution in [0.15, 0.2) is 223 Å². The van der Waals surface area contributed by atoms with Gasteiger partial charge in [-0.25, -0.2) is 15.0 Å². The average molecular weight is 793 g/mol. The van der Waals surface area contributed by atoms with Crippen LogP contribution in [0.5, 0.6) is 0 Å². The van der Waals surface area contributed by atoms with Crippen molar-refractivity contribution >= 4 is 43.7 Å². The van der Waals surface area contributed by atoms with Gasteiger partial charge in [-0.05, 0) is 69.8 Å². The first-order valence-corrected chi connectivity index (χ1v) is 20.8. The Morgan fingerprint density at radius 2 is 0.806 bits per heavy atom. The maximum absolute atomic E-state index is 6.75. The van der Waals surface area contributed by atoms with Gasteiger partial charge in [0.25, 0.3) is 0 Å². The van der Waals surface area contributed by atoms with Crippen molar-refractivity contribution < 1.29 is 4.42 Å². The Bertz CT molecular complexity index is 3590. The third-order valence-corrected chi connectivity index (χ3v) is 11.9. The summed E-state index contributed by atoms with van der Waals surface area (Å²) in [5.74, 6) is 1.79. The molecule has 62 heavy (non-hydrogen) atoms. The van der Waals surface area contributed by atoms with Crippen LogP contribution in [0.2, 0.25) is 0 Å². The van der Waals surface area contributed by atoms with E-state index in [1.54, 1.807) is 0 Å². The summed E-state index contributed by atoms with van der Waals surface area (Å²) in [6, 6.07) is 76.3. The van der Waals surface area contributed by atoms with E-state index >= 15 is 0 Å². The van der Waals surface area contributed by atoms with Crippen LogP contribution in [-0.4, -0.2) is 19.5 Å². The summed E-state index contributed by atoms with van der Waals surface area (Å²) in [5.41, 5.74) is 14.5. The van der Waals surface area contributed by atoms with Gasteiger partial charge < -0.3 is 8.98 Å². The van der Waals surface area contributed by atoms with Crippen molar-refractivity contribution in [1.29, 1.82) is 0 Å². The first-order valence-electron chi connectivity index (χ1n) is 20.8. The van der Waals surface area contributed by atoms with E-state index in [1.807, 2.05) is 48.5 Å². The number of rotatable bonds is 7. The van der Waals surface area contributed by atoms with Gasteiger partial charge in [0.05, 0.1) is 16.4 Å². The minimum atomic E-state index is 0.579. The molecule has 0 aliphatic rings. The molecule has 0 radical (unpaired) electrons. The Hall–Kier alpha value is -8.41.